The van der Waals surface area contributed by atoms with Gasteiger partial charge in [0.2, 0.25) is 0 Å². The van der Waals surface area contributed by atoms with Crippen molar-refractivity contribution in [1.29, 1.82) is 0 Å². The van der Waals surface area contributed by atoms with Crippen molar-refractivity contribution in [2.45, 2.75) is 4.90 Å². The maximum Gasteiger partial charge on any atom is 0.270 e. The van der Waals surface area contributed by atoms with Crippen molar-refractivity contribution in [3.05, 3.63) is 82.4 Å². The van der Waals surface area contributed by atoms with Gasteiger partial charge in [-0.1, -0.05) is 24.3 Å². The number of para-hydroxylation sites is 3. The summed E-state index contributed by atoms with van der Waals surface area (Å²) in [4.78, 5) is 10.2. The number of rotatable bonds is 9. The lowest BCUT2D eigenvalue weighted by atomic mass is 10.2. The Hall–Kier alpha value is -4.12. The van der Waals surface area contributed by atoms with Gasteiger partial charge in [0.1, 0.15) is 16.4 Å². The molecule has 0 heterocycles. The largest absolute Gasteiger partial charge is 0.496 e. The molecule has 0 aliphatic heterocycles. The van der Waals surface area contributed by atoms with Crippen LogP contribution in [-0.2, 0) is 10.0 Å². The van der Waals surface area contributed by atoms with Gasteiger partial charge >= 0.3 is 0 Å². The summed E-state index contributed by atoms with van der Waals surface area (Å²) < 4.78 is 39.0. The van der Waals surface area contributed by atoms with E-state index in [4.69, 9.17) is 9.47 Å². The van der Waals surface area contributed by atoms with E-state index in [1.165, 1.54) is 38.6 Å². The summed E-state index contributed by atoms with van der Waals surface area (Å²) in [6, 6.07) is 16.9. The summed E-state index contributed by atoms with van der Waals surface area (Å²) in [6.07, 6.45) is 1.45. The fourth-order valence-electron chi connectivity index (χ4n) is 2.81. The van der Waals surface area contributed by atoms with Crippen molar-refractivity contribution in [3.8, 4) is 11.5 Å². The maximum absolute atomic E-state index is 13.1. The van der Waals surface area contributed by atoms with E-state index in [1.54, 1.807) is 42.5 Å². The van der Waals surface area contributed by atoms with E-state index in [-0.39, 0.29) is 22.0 Å². The van der Waals surface area contributed by atoms with Gasteiger partial charge in [-0.3, -0.25) is 20.3 Å². The molecule has 32 heavy (non-hydrogen) atoms. The molecule has 0 fully saturated rings. The zero-order chi connectivity index (χ0) is 23.1. The Morgan fingerprint density at radius 1 is 0.938 bits per heavy atom. The molecule has 3 aromatic carbocycles. The highest BCUT2D eigenvalue weighted by Crippen LogP contribution is 2.31. The summed E-state index contributed by atoms with van der Waals surface area (Å²) in [6.45, 7) is 0. The van der Waals surface area contributed by atoms with Crippen molar-refractivity contribution in [3.63, 3.8) is 0 Å². The number of hydrazone groups is 1. The molecule has 0 radical (unpaired) electrons. The van der Waals surface area contributed by atoms with Gasteiger partial charge in [-0.15, -0.1) is 0 Å². The number of anilines is 2. The first kappa shape index (κ1) is 22.6. The minimum Gasteiger partial charge on any atom is -0.496 e. The summed E-state index contributed by atoms with van der Waals surface area (Å²) in [5.74, 6) is 0.873. The minimum absolute atomic E-state index is 0.0455. The molecule has 0 aliphatic rings. The number of methoxy groups -OCH3 is 2. The van der Waals surface area contributed by atoms with Crippen LogP contribution in [0.1, 0.15) is 5.56 Å². The Kier molecular flexibility index (Phi) is 6.90. The number of sulfonamides is 1. The lowest BCUT2D eigenvalue weighted by Crippen LogP contribution is -2.15. The van der Waals surface area contributed by atoms with Crippen LogP contribution in [-0.4, -0.2) is 33.8 Å². The molecule has 10 nitrogen and oxygen atoms in total. The van der Waals surface area contributed by atoms with Crippen LogP contribution in [0.15, 0.2) is 76.7 Å². The number of nitro groups is 1. The average Bonchev–Trinajstić information content (AvgIpc) is 2.79. The number of nitro benzene ring substituents is 1. The number of ether oxygens (including phenoxy) is 2. The van der Waals surface area contributed by atoms with E-state index in [2.05, 4.69) is 15.2 Å². The van der Waals surface area contributed by atoms with Crippen LogP contribution >= 0.6 is 0 Å². The predicted molar refractivity (Wildman–Crippen MR) is 121 cm³/mol. The van der Waals surface area contributed by atoms with Gasteiger partial charge in [0, 0.05) is 17.7 Å². The molecule has 2 N–H and O–H groups in total. The molecule has 0 aliphatic carbocycles. The standard InChI is InChI=1S/C21H20N4O6S/c1-30-19-9-5-3-7-15(19)14-22-23-18-12-11-16(25(26)27)13-21(18)32(28,29)24-17-8-4-6-10-20(17)31-2/h3-14,23-24H,1-2H3/b22-14+. The number of hydrogen-bond donors (Lipinski definition) is 2. The van der Waals surface area contributed by atoms with E-state index in [9.17, 15) is 18.5 Å². The third-order valence-electron chi connectivity index (χ3n) is 4.34. The fraction of sp³-hybridized carbons (Fsp3) is 0.0952. The molecule has 0 unspecified atom stereocenters. The van der Waals surface area contributed by atoms with Gasteiger partial charge < -0.3 is 9.47 Å². The summed E-state index contributed by atoms with van der Waals surface area (Å²) in [5, 5.41) is 15.3. The first-order valence-corrected chi connectivity index (χ1v) is 10.7. The molecule has 3 rings (SSSR count). The lowest BCUT2D eigenvalue weighted by Gasteiger charge is -2.14. The topological polar surface area (TPSA) is 132 Å². The van der Waals surface area contributed by atoms with Crippen molar-refractivity contribution >= 4 is 33.3 Å². The van der Waals surface area contributed by atoms with Crippen molar-refractivity contribution in [2.75, 3.05) is 24.4 Å². The Morgan fingerprint density at radius 3 is 2.28 bits per heavy atom. The van der Waals surface area contributed by atoms with Gasteiger partial charge in [0.25, 0.3) is 15.7 Å². The molecule has 0 saturated heterocycles. The molecule has 166 valence electrons. The van der Waals surface area contributed by atoms with Crippen molar-refractivity contribution in [2.24, 2.45) is 5.10 Å². The molecule has 3 aromatic rings. The normalized spacial score (nSPS) is 11.2. The lowest BCUT2D eigenvalue weighted by molar-refractivity contribution is -0.385. The Balaban J connectivity index is 1.97. The van der Waals surface area contributed by atoms with Crippen LogP contribution in [0.2, 0.25) is 0 Å². The fourth-order valence-corrected chi connectivity index (χ4v) is 4.06. The number of non-ortho nitro benzene ring substituents is 1. The number of nitrogens with one attached hydrogen (secondary N) is 2. The highest BCUT2D eigenvalue weighted by Gasteiger charge is 2.23. The zero-order valence-electron chi connectivity index (χ0n) is 17.2. The van der Waals surface area contributed by atoms with Crippen LogP contribution in [0.4, 0.5) is 17.1 Å². The predicted octanol–water partition coefficient (Wildman–Crippen LogP) is 3.86. The van der Waals surface area contributed by atoms with Crippen LogP contribution in [0.5, 0.6) is 11.5 Å². The molecule has 0 amide bonds. The molecule has 0 atom stereocenters. The second-order valence-corrected chi connectivity index (χ2v) is 8.01. The first-order valence-electron chi connectivity index (χ1n) is 9.22. The number of nitrogens with zero attached hydrogens (tertiary/aromatic N) is 2. The van der Waals surface area contributed by atoms with Crippen LogP contribution < -0.4 is 19.6 Å². The number of benzene rings is 3. The van der Waals surface area contributed by atoms with Crippen molar-refractivity contribution < 1.29 is 22.8 Å². The quantitative estimate of drug-likeness (QED) is 0.284. The highest BCUT2D eigenvalue weighted by atomic mass is 32.2. The van der Waals surface area contributed by atoms with E-state index < -0.39 is 14.9 Å². The molecule has 0 aromatic heterocycles. The molecule has 0 spiro atoms. The smallest absolute Gasteiger partial charge is 0.270 e. The third-order valence-corrected chi connectivity index (χ3v) is 5.75. The SMILES string of the molecule is COc1ccccc1/C=N/Nc1ccc([N+](=O)[O-])cc1S(=O)(=O)Nc1ccccc1OC. The molecule has 11 heteroatoms. The van der Waals surface area contributed by atoms with Gasteiger partial charge in [-0.05, 0) is 30.3 Å². The molecule has 0 saturated carbocycles. The van der Waals surface area contributed by atoms with Gasteiger partial charge in [0.15, 0.2) is 0 Å². The van der Waals surface area contributed by atoms with E-state index in [0.717, 1.165) is 6.07 Å². The Morgan fingerprint density at radius 2 is 1.59 bits per heavy atom. The Bertz CT molecular complexity index is 1260. The van der Waals surface area contributed by atoms with Crippen LogP contribution in [0.25, 0.3) is 0 Å². The monoisotopic (exact) mass is 456 g/mol. The summed E-state index contributed by atoms with van der Waals surface area (Å²) >= 11 is 0. The van der Waals surface area contributed by atoms with Gasteiger partial charge in [0.05, 0.1) is 36.7 Å². The average molecular weight is 456 g/mol. The number of hydrogen-bond acceptors (Lipinski definition) is 8. The second kappa shape index (κ2) is 9.79. The first-order chi connectivity index (χ1) is 15.4. The van der Waals surface area contributed by atoms with Gasteiger partial charge in [-0.2, -0.15) is 5.10 Å². The van der Waals surface area contributed by atoms with Gasteiger partial charge in [-0.25, -0.2) is 8.42 Å². The second-order valence-electron chi connectivity index (χ2n) is 6.36. The zero-order valence-corrected chi connectivity index (χ0v) is 18.0. The molecular formula is C21H20N4O6S. The van der Waals surface area contributed by atoms with Crippen LogP contribution in [0, 0.1) is 10.1 Å². The highest BCUT2D eigenvalue weighted by molar-refractivity contribution is 7.93. The summed E-state index contributed by atoms with van der Waals surface area (Å²) in [7, 11) is -1.31. The Labute approximate surface area is 184 Å². The van der Waals surface area contributed by atoms with Crippen molar-refractivity contribution in [1.82, 2.24) is 0 Å². The molecular weight excluding hydrogens is 436 g/mol. The minimum atomic E-state index is -4.24. The van der Waals surface area contributed by atoms with E-state index in [0.29, 0.717) is 17.1 Å². The summed E-state index contributed by atoms with van der Waals surface area (Å²) in [5.41, 5.74) is 3.14. The van der Waals surface area contributed by atoms with E-state index in [1.807, 2.05) is 0 Å². The van der Waals surface area contributed by atoms with E-state index >= 15 is 0 Å². The molecule has 0 bridgehead atoms. The third kappa shape index (κ3) is 5.13. The van der Waals surface area contributed by atoms with Crippen LogP contribution in [0.3, 0.4) is 0 Å². The maximum atomic E-state index is 13.1.